The first kappa shape index (κ1) is 19.0. The minimum atomic E-state index is -3.55. The fourth-order valence-electron chi connectivity index (χ4n) is 2.96. The number of sulfonamides is 1. The van der Waals surface area contributed by atoms with E-state index in [1.165, 1.54) is 16.4 Å². The van der Waals surface area contributed by atoms with Crippen LogP contribution < -0.4 is 5.32 Å². The van der Waals surface area contributed by atoms with Gasteiger partial charge in [0, 0.05) is 25.7 Å². The highest BCUT2D eigenvalue weighted by Crippen LogP contribution is 2.22. The van der Waals surface area contributed by atoms with Crippen molar-refractivity contribution in [2.45, 2.75) is 24.4 Å². The zero-order chi connectivity index (χ0) is 18.6. The van der Waals surface area contributed by atoms with Crippen LogP contribution in [0.1, 0.15) is 24.1 Å². The maximum Gasteiger partial charge on any atom is 0.243 e. The molecule has 7 heteroatoms. The summed E-state index contributed by atoms with van der Waals surface area (Å²) in [6.07, 6.45) is 0. The van der Waals surface area contributed by atoms with Crippen molar-refractivity contribution in [2.75, 3.05) is 26.3 Å². The molecule has 1 saturated heterocycles. The summed E-state index contributed by atoms with van der Waals surface area (Å²) in [5, 5.41) is 3.32. The molecule has 0 aliphatic carbocycles. The van der Waals surface area contributed by atoms with Crippen LogP contribution in [0, 0.1) is 5.82 Å². The van der Waals surface area contributed by atoms with Gasteiger partial charge in [-0.05, 0) is 36.2 Å². The molecule has 0 bridgehead atoms. The summed E-state index contributed by atoms with van der Waals surface area (Å²) in [4.78, 5) is 0.320. The number of hydrogen-bond acceptors (Lipinski definition) is 4. The zero-order valence-corrected chi connectivity index (χ0v) is 15.5. The van der Waals surface area contributed by atoms with E-state index in [9.17, 15) is 12.8 Å². The molecular weight excluding hydrogens is 355 g/mol. The van der Waals surface area contributed by atoms with Gasteiger partial charge in [-0.1, -0.05) is 30.3 Å². The summed E-state index contributed by atoms with van der Waals surface area (Å²) < 4.78 is 45.7. The molecule has 3 rings (SSSR count). The van der Waals surface area contributed by atoms with E-state index >= 15 is 0 Å². The Balaban J connectivity index is 1.75. The lowest BCUT2D eigenvalue weighted by Gasteiger charge is -2.27. The molecule has 1 aliphatic rings. The van der Waals surface area contributed by atoms with E-state index in [1.807, 2.05) is 19.1 Å². The third-order valence-corrected chi connectivity index (χ3v) is 6.53. The van der Waals surface area contributed by atoms with Gasteiger partial charge in [0.05, 0.1) is 18.1 Å². The first-order valence-corrected chi connectivity index (χ1v) is 10.1. The van der Waals surface area contributed by atoms with Gasteiger partial charge >= 0.3 is 0 Å². The van der Waals surface area contributed by atoms with Crippen LogP contribution in [0.5, 0.6) is 0 Å². The van der Waals surface area contributed by atoms with Gasteiger partial charge in [-0.25, -0.2) is 12.8 Å². The first-order valence-electron chi connectivity index (χ1n) is 8.63. The maximum atomic E-state index is 13.1. The van der Waals surface area contributed by atoms with Crippen molar-refractivity contribution in [3.8, 4) is 0 Å². The highest BCUT2D eigenvalue weighted by Gasteiger charge is 2.28. The SMILES string of the molecule is CC(NCc1ccccc1S(=O)(=O)N1CCOCC1)c1ccc(F)cc1. The summed E-state index contributed by atoms with van der Waals surface area (Å²) >= 11 is 0. The molecule has 1 heterocycles. The molecule has 0 radical (unpaired) electrons. The van der Waals surface area contributed by atoms with E-state index in [0.717, 1.165) is 5.56 Å². The molecule has 0 saturated carbocycles. The number of benzene rings is 2. The number of ether oxygens (including phenoxy) is 1. The van der Waals surface area contributed by atoms with Crippen molar-refractivity contribution < 1.29 is 17.5 Å². The van der Waals surface area contributed by atoms with Gasteiger partial charge in [-0.3, -0.25) is 0 Å². The van der Waals surface area contributed by atoms with E-state index in [4.69, 9.17) is 4.74 Å². The fourth-order valence-corrected chi connectivity index (χ4v) is 4.59. The lowest BCUT2D eigenvalue weighted by atomic mass is 10.1. The van der Waals surface area contributed by atoms with Crippen molar-refractivity contribution in [3.05, 3.63) is 65.5 Å². The number of nitrogens with one attached hydrogen (secondary N) is 1. The molecular formula is C19H23FN2O3S. The van der Waals surface area contributed by atoms with Crippen LogP contribution in [0.15, 0.2) is 53.4 Å². The molecule has 0 amide bonds. The van der Waals surface area contributed by atoms with Crippen LogP contribution in [-0.2, 0) is 21.3 Å². The number of morpholine rings is 1. The molecule has 1 N–H and O–H groups in total. The van der Waals surface area contributed by atoms with Crippen LogP contribution in [0.3, 0.4) is 0 Å². The highest BCUT2D eigenvalue weighted by molar-refractivity contribution is 7.89. The normalized spacial score (nSPS) is 17.2. The molecule has 26 heavy (non-hydrogen) atoms. The lowest BCUT2D eigenvalue weighted by Crippen LogP contribution is -2.41. The number of halogens is 1. The average molecular weight is 378 g/mol. The Morgan fingerprint density at radius 3 is 2.46 bits per heavy atom. The van der Waals surface area contributed by atoms with Crippen LogP contribution in [0.2, 0.25) is 0 Å². The Bertz CT molecular complexity index is 834. The first-order chi connectivity index (χ1) is 12.5. The number of hydrogen-bond donors (Lipinski definition) is 1. The van der Waals surface area contributed by atoms with Gasteiger partial charge in [0.15, 0.2) is 0 Å². The van der Waals surface area contributed by atoms with Gasteiger partial charge in [0.1, 0.15) is 5.82 Å². The number of nitrogens with zero attached hydrogens (tertiary/aromatic N) is 1. The van der Waals surface area contributed by atoms with Gasteiger partial charge in [-0.15, -0.1) is 0 Å². The van der Waals surface area contributed by atoms with Crippen molar-refractivity contribution >= 4 is 10.0 Å². The monoisotopic (exact) mass is 378 g/mol. The van der Waals surface area contributed by atoms with Crippen LogP contribution in [0.25, 0.3) is 0 Å². The molecule has 140 valence electrons. The minimum Gasteiger partial charge on any atom is -0.379 e. The molecule has 0 spiro atoms. The summed E-state index contributed by atoms with van der Waals surface area (Å²) in [6, 6.07) is 13.3. The average Bonchev–Trinajstić information content (AvgIpc) is 2.67. The predicted molar refractivity (Wildman–Crippen MR) is 97.7 cm³/mol. The van der Waals surface area contributed by atoms with Gasteiger partial charge in [-0.2, -0.15) is 4.31 Å². The molecule has 1 fully saturated rings. The van der Waals surface area contributed by atoms with E-state index in [1.54, 1.807) is 24.3 Å². The Morgan fingerprint density at radius 1 is 1.12 bits per heavy atom. The van der Waals surface area contributed by atoms with Crippen molar-refractivity contribution in [3.63, 3.8) is 0 Å². The van der Waals surface area contributed by atoms with E-state index in [-0.39, 0.29) is 11.9 Å². The van der Waals surface area contributed by atoms with E-state index in [0.29, 0.717) is 43.3 Å². The highest BCUT2D eigenvalue weighted by atomic mass is 32.2. The largest absolute Gasteiger partial charge is 0.379 e. The second-order valence-electron chi connectivity index (χ2n) is 6.28. The molecule has 2 aromatic carbocycles. The molecule has 1 unspecified atom stereocenters. The van der Waals surface area contributed by atoms with E-state index in [2.05, 4.69) is 5.32 Å². The van der Waals surface area contributed by atoms with Gasteiger partial charge in [0.2, 0.25) is 10.0 Å². The lowest BCUT2D eigenvalue weighted by molar-refractivity contribution is 0.0730. The third-order valence-electron chi connectivity index (χ3n) is 4.53. The van der Waals surface area contributed by atoms with Crippen molar-refractivity contribution in [1.29, 1.82) is 0 Å². The summed E-state index contributed by atoms with van der Waals surface area (Å²) in [5.74, 6) is -0.275. The molecule has 1 atom stereocenters. The van der Waals surface area contributed by atoms with E-state index < -0.39 is 10.0 Å². The summed E-state index contributed by atoms with van der Waals surface area (Å²) in [5.41, 5.74) is 1.66. The quantitative estimate of drug-likeness (QED) is 0.840. The third kappa shape index (κ3) is 4.29. The Morgan fingerprint density at radius 2 is 1.77 bits per heavy atom. The van der Waals surface area contributed by atoms with Crippen molar-refractivity contribution in [2.24, 2.45) is 0 Å². The Labute approximate surface area is 153 Å². The maximum absolute atomic E-state index is 13.1. The second-order valence-corrected chi connectivity index (χ2v) is 8.18. The predicted octanol–water partition coefficient (Wildman–Crippen LogP) is 2.70. The van der Waals surface area contributed by atoms with Crippen LogP contribution in [0.4, 0.5) is 4.39 Å². The van der Waals surface area contributed by atoms with Crippen LogP contribution in [-0.4, -0.2) is 39.0 Å². The molecule has 0 aromatic heterocycles. The van der Waals surface area contributed by atoms with Crippen molar-refractivity contribution in [1.82, 2.24) is 9.62 Å². The molecule has 1 aliphatic heterocycles. The topological polar surface area (TPSA) is 58.6 Å². The Hall–Kier alpha value is -1.80. The molecule has 5 nitrogen and oxygen atoms in total. The van der Waals surface area contributed by atoms with Gasteiger partial charge in [0.25, 0.3) is 0 Å². The fraction of sp³-hybridized carbons (Fsp3) is 0.368. The zero-order valence-electron chi connectivity index (χ0n) is 14.7. The standard InChI is InChI=1S/C19H23FN2O3S/c1-15(16-6-8-18(20)9-7-16)21-14-17-4-2-3-5-19(17)26(23,24)22-10-12-25-13-11-22/h2-9,15,21H,10-14H2,1H3. The smallest absolute Gasteiger partial charge is 0.243 e. The summed E-state index contributed by atoms with van der Waals surface area (Å²) in [7, 11) is -3.55. The Kier molecular flexibility index (Phi) is 6.03. The van der Waals surface area contributed by atoms with Crippen LogP contribution >= 0.6 is 0 Å². The number of rotatable bonds is 6. The summed E-state index contributed by atoms with van der Waals surface area (Å²) in [6.45, 7) is 3.94. The minimum absolute atomic E-state index is 0.0326. The second kappa shape index (κ2) is 8.26. The molecule has 2 aromatic rings. The van der Waals surface area contributed by atoms with Gasteiger partial charge < -0.3 is 10.1 Å².